The van der Waals surface area contributed by atoms with E-state index in [9.17, 15) is 13.2 Å². The zero-order chi connectivity index (χ0) is 17.9. The third-order valence-corrected chi connectivity index (χ3v) is 4.69. The molecule has 6 heteroatoms. The molecule has 0 saturated carbocycles. The minimum atomic E-state index is -3.24. The average molecular weight is 347 g/mol. The van der Waals surface area contributed by atoms with Crippen molar-refractivity contribution in [2.24, 2.45) is 0 Å². The fourth-order valence-electron chi connectivity index (χ4n) is 2.48. The van der Waals surface area contributed by atoms with Crippen LogP contribution in [-0.2, 0) is 14.6 Å². The van der Waals surface area contributed by atoms with Crippen LogP contribution in [0.15, 0.2) is 41.3 Å². The third-order valence-electron chi connectivity index (χ3n) is 3.56. The normalized spacial score (nSPS) is 11.2. The minimum Gasteiger partial charge on any atom is -0.484 e. The van der Waals surface area contributed by atoms with Gasteiger partial charge in [-0.2, -0.15) is 0 Å². The molecule has 0 aliphatic heterocycles. The molecule has 2 aromatic carbocycles. The van der Waals surface area contributed by atoms with Gasteiger partial charge in [0.2, 0.25) is 0 Å². The maximum Gasteiger partial charge on any atom is 0.262 e. The lowest BCUT2D eigenvalue weighted by Gasteiger charge is -2.13. The molecular formula is C18H21NO4S. The van der Waals surface area contributed by atoms with Crippen molar-refractivity contribution in [1.29, 1.82) is 0 Å². The summed E-state index contributed by atoms with van der Waals surface area (Å²) in [5, 5.41) is 2.85. The van der Waals surface area contributed by atoms with E-state index in [0.29, 0.717) is 5.75 Å². The first kappa shape index (κ1) is 18.0. The Labute approximate surface area is 142 Å². The van der Waals surface area contributed by atoms with Gasteiger partial charge in [0.05, 0.1) is 4.90 Å². The van der Waals surface area contributed by atoms with Gasteiger partial charge in [-0.25, -0.2) is 8.42 Å². The van der Waals surface area contributed by atoms with Gasteiger partial charge in [0.15, 0.2) is 16.4 Å². The number of anilines is 1. The maximum atomic E-state index is 12.1. The van der Waals surface area contributed by atoms with E-state index in [1.807, 2.05) is 32.9 Å². The molecule has 128 valence electrons. The largest absolute Gasteiger partial charge is 0.484 e. The van der Waals surface area contributed by atoms with Gasteiger partial charge in [0.1, 0.15) is 5.75 Å². The number of carbonyl (C=O) groups is 1. The van der Waals surface area contributed by atoms with Gasteiger partial charge in [-0.1, -0.05) is 17.7 Å². The molecule has 0 aliphatic carbocycles. The minimum absolute atomic E-state index is 0.148. The van der Waals surface area contributed by atoms with Crippen LogP contribution < -0.4 is 10.1 Å². The summed E-state index contributed by atoms with van der Waals surface area (Å²) < 4.78 is 28.2. The molecule has 0 radical (unpaired) electrons. The molecule has 24 heavy (non-hydrogen) atoms. The Morgan fingerprint density at radius 3 is 2.08 bits per heavy atom. The predicted octanol–water partition coefficient (Wildman–Crippen LogP) is 3.03. The van der Waals surface area contributed by atoms with Crippen molar-refractivity contribution in [1.82, 2.24) is 0 Å². The van der Waals surface area contributed by atoms with Crippen molar-refractivity contribution >= 4 is 21.4 Å². The summed E-state index contributed by atoms with van der Waals surface area (Å²) in [6, 6.07) is 9.99. The summed E-state index contributed by atoms with van der Waals surface area (Å²) in [6.45, 7) is 5.75. The van der Waals surface area contributed by atoms with Crippen molar-refractivity contribution in [3.05, 3.63) is 53.1 Å². The van der Waals surface area contributed by atoms with Crippen molar-refractivity contribution < 1.29 is 17.9 Å². The number of sulfone groups is 1. The first-order valence-corrected chi connectivity index (χ1v) is 9.36. The summed E-state index contributed by atoms with van der Waals surface area (Å²) >= 11 is 0. The van der Waals surface area contributed by atoms with Crippen LogP contribution in [0.3, 0.4) is 0 Å². The van der Waals surface area contributed by atoms with Gasteiger partial charge in [-0.15, -0.1) is 0 Å². The summed E-state index contributed by atoms with van der Waals surface area (Å²) in [4.78, 5) is 12.3. The number of hydrogen-bond acceptors (Lipinski definition) is 4. The summed E-state index contributed by atoms with van der Waals surface area (Å²) in [7, 11) is -3.24. The lowest BCUT2D eigenvalue weighted by molar-refractivity contribution is -0.118. The average Bonchev–Trinajstić information content (AvgIpc) is 2.48. The Balaban J connectivity index is 1.99. The number of nitrogens with one attached hydrogen (secondary N) is 1. The molecule has 2 aromatic rings. The maximum absolute atomic E-state index is 12.1. The van der Waals surface area contributed by atoms with E-state index in [0.717, 1.165) is 28.6 Å². The van der Waals surface area contributed by atoms with Crippen molar-refractivity contribution in [2.45, 2.75) is 25.7 Å². The lowest BCUT2D eigenvalue weighted by Crippen LogP contribution is -2.21. The number of carbonyl (C=O) groups excluding carboxylic acids is 1. The molecule has 0 saturated heterocycles. The molecule has 0 fully saturated rings. The Morgan fingerprint density at radius 2 is 1.58 bits per heavy atom. The molecule has 0 aromatic heterocycles. The van der Waals surface area contributed by atoms with Gasteiger partial charge < -0.3 is 10.1 Å². The van der Waals surface area contributed by atoms with Crippen LogP contribution in [0.2, 0.25) is 0 Å². The highest BCUT2D eigenvalue weighted by atomic mass is 32.2. The molecule has 1 N–H and O–H groups in total. The van der Waals surface area contributed by atoms with Crippen LogP contribution in [0, 0.1) is 20.8 Å². The first-order chi connectivity index (χ1) is 11.2. The smallest absolute Gasteiger partial charge is 0.262 e. The zero-order valence-electron chi connectivity index (χ0n) is 14.2. The van der Waals surface area contributed by atoms with Crippen LogP contribution in [0.5, 0.6) is 5.75 Å². The van der Waals surface area contributed by atoms with E-state index < -0.39 is 9.84 Å². The van der Waals surface area contributed by atoms with Crippen molar-refractivity contribution in [3.63, 3.8) is 0 Å². The highest BCUT2D eigenvalue weighted by molar-refractivity contribution is 7.90. The second kappa shape index (κ2) is 7.05. The van der Waals surface area contributed by atoms with Gasteiger partial charge in [0, 0.05) is 11.9 Å². The second-order valence-electron chi connectivity index (χ2n) is 5.85. The number of aryl methyl sites for hydroxylation is 3. The molecule has 0 unspecified atom stereocenters. The van der Waals surface area contributed by atoms with E-state index in [-0.39, 0.29) is 17.4 Å². The van der Waals surface area contributed by atoms with Gasteiger partial charge in [-0.3, -0.25) is 4.79 Å². The summed E-state index contributed by atoms with van der Waals surface area (Å²) in [6.07, 6.45) is 1.14. The van der Waals surface area contributed by atoms with Gasteiger partial charge in [-0.05, 0) is 56.2 Å². The van der Waals surface area contributed by atoms with E-state index in [4.69, 9.17) is 4.74 Å². The molecule has 0 spiro atoms. The van der Waals surface area contributed by atoms with Crippen LogP contribution in [0.4, 0.5) is 5.69 Å². The number of benzene rings is 2. The molecule has 5 nitrogen and oxygen atoms in total. The molecule has 0 atom stereocenters. The monoisotopic (exact) mass is 347 g/mol. The van der Waals surface area contributed by atoms with E-state index in [2.05, 4.69) is 5.32 Å². The number of amides is 1. The number of ether oxygens (including phenoxy) is 1. The zero-order valence-corrected chi connectivity index (χ0v) is 15.0. The van der Waals surface area contributed by atoms with Gasteiger partial charge >= 0.3 is 0 Å². The number of rotatable bonds is 5. The van der Waals surface area contributed by atoms with Crippen molar-refractivity contribution in [3.8, 4) is 5.75 Å². The lowest BCUT2D eigenvalue weighted by atomic mass is 10.1. The third kappa shape index (κ3) is 4.58. The first-order valence-electron chi connectivity index (χ1n) is 7.47. The highest BCUT2D eigenvalue weighted by Gasteiger charge is 2.10. The molecule has 0 heterocycles. The van der Waals surface area contributed by atoms with E-state index in [1.165, 1.54) is 24.3 Å². The topological polar surface area (TPSA) is 72.5 Å². The fraction of sp³-hybridized carbons (Fsp3) is 0.278. The van der Waals surface area contributed by atoms with E-state index in [1.54, 1.807) is 0 Å². The van der Waals surface area contributed by atoms with Crippen LogP contribution in [0.1, 0.15) is 16.7 Å². The Bertz CT molecular complexity index is 832. The van der Waals surface area contributed by atoms with Crippen LogP contribution in [0.25, 0.3) is 0 Å². The quantitative estimate of drug-likeness (QED) is 0.902. The molecule has 2 rings (SSSR count). The Morgan fingerprint density at radius 1 is 1.04 bits per heavy atom. The van der Waals surface area contributed by atoms with Crippen molar-refractivity contribution in [2.75, 3.05) is 18.2 Å². The SMILES string of the molecule is Cc1cc(C)c(NC(=O)COc2ccc(S(C)(=O)=O)cc2)c(C)c1. The molecule has 0 aliphatic rings. The van der Waals surface area contributed by atoms with Gasteiger partial charge in [0.25, 0.3) is 5.91 Å². The fourth-order valence-corrected chi connectivity index (χ4v) is 3.12. The highest BCUT2D eigenvalue weighted by Crippen LogP contribution is 2.22. The van der Waals surface area contributed by atoms with E-state index >= 15 is 0 Å². The Hall–Kier alpha value is -2.34. The van der Waals surface area contributed by atoms with Crippen LogP contribution >= 0.6 is 0 Å². The second-order valence-corrected chi connectivity index (χ2v) is 7.87. The summed E-state index contributed by atoms with van der Waals surface area (Å²) in [5.74, 6) is 0.173. The molecule has 0 bridgehead atoms. The predicted molar refractivity (Wildman–Crippen MR) is 94.3 cm³/mol. The standard InChI is InChI=1S/C18H21NO4S/c1-12-9-13(2)18(14(3)10-12)19-17(20)11-23-15-5-7-16(8-6-15)24(4,21)22/h5-10H,11H2,1-4H3,(H,19,20). The molecular weight excluding hydrogens is 326 g/mol. The summed E-state index contributed by atoms with van der Waals surface area (Å²) in [5.41, 5.74) is 3.93. The van der Waals surface area contributed by atoms with Crippen LogP contribution in [-0.4, -0.2) is 27.2 Å². The number of hydrogen-bond donors (Lipinski definition) is 1. The Kier molecular flexibility index (Phi) is 5.29. The molecule has 1 amide bonds.